The van der Waals surface area contributed by atoms with E-state index in [1.807, 2.05) is 0 Å². The number of carbonyl (C=O) groups is 2. The first-order valence-corrected chi connectivity index (χ1v) is 11.9. The van der Waals surface area contributed by atoms with E-state index in [2.05, 4.69) is 20.7 Å². The van der Waals surface area contributed by atoms with Crippen molar-refractivity contribution in [2.75, 3.05) is 6.26 Å². The van der Waals surface area contributed by atoms with E-state index in [0.29, 0.717) is 10.0 Å². The first-order valence-electron chi connectivity index (χ1n) is 9.56. The van der Waals surface area contributed by atoms with Crippen LogP contribution in [0.25, 0.3) is 0 Å². The predicted octanol–water partition coefficient (Wildman–Crippen LogP) is 2.71. The highest BCUT2D eigenvalue weighted by atomic mass is 79.9. The molecule has 29 heavy (non-hydrogen) atoms. The van der Waals surface area contributed by atoms with Crippen molar-refractivity contribution >= 4 is 39.2 Å². The normalized spacial score (nSPS) is 27.2. The quantitative estimate of drug-likeness (QED) is 0.491. The molecule has 0 aromatic heterocycles. The fourth-order valence-electron chi connectivity index (χ4n) is 4.46. The number of piperidine rings is 2. The van der Waals surface area contributed by atoms with E-state index in [-0.39, 0.29) is 36.1 Å². The molecule has 9 heteroatoms. The second kappa shape index (κ2) is 8.53. The van der Waals surface area contributed by atoms with Crippen molar-refractivity contribution < 1.29 is 23.3 Å². The van der Waals surface area contributed by atoms with Crippen molar-refractivity contribution in [1.29, 1.82) is 0 Å². The lowest BCUT2D eigenvalue weighted by Gasteiger charge is -2.58. The summed E-state index contributed by atoms with van der Waals surface area (Å²) in [5.74, 6) is -0.949. The zero-order valence-corrected chi connectivity index (χ0v) is 19.3. The number of halogens is 2. The minimum absolute atomic E-state index is 0.00545. The van der Waals surface area contributed by atoms with Gasteiger partial charge in [-0.25, -0.2) is 4.39 Å². The first-order chi connectivity index (χ1) is 13.5. The van der Waals surface area contributed by atoms with E-state index in [4.69, 9.17) is 4.74 Å². The van der Waals surface area contributed by atoms with Crippen molar-refractivity contribution in [2.45, 2.75) is 63.8 Å². The lowest BCUT2D eigenvalue weighted by Crippen LogP contribution is -2.72. The van der Waals surface area contributed by atoms with Gasteiger partial charge in [0.15, 0.2) is 5.60 Å². The van der Waals surface area contributed by atoms with E-state index >= 15 is 0 Å². The number of nitrogens with zero attached hydrogens (tertiary/aromatic N) is 1. The fourth-order valence-corrected chi connectivity index (χ4v) is 5.60. The molecule has 3 fully saturated rings. The zero-order chi connectivity index (χ0) is 21.5. The molecule has 2 bridgehead atoms. The molecular weight excluding hydrogens is 463 g/mol. The van der Waals surface area contributed by atoms with Crippen molar-refractivity contribution in [3.63, 3.8) is 0 Å². The van der Waals surface area contributed by atoms with Gasteiger partial charge in [-0.1, -0.05) is 12.1 Å². The van der Waals surface area contributed by atoms with Crippen LogP contribution < -0.4 is 4.72 Å². The van der Waals surface area contributed by atoms with Crippen molar-refractivity contribution in [3.8, 4) is 0 Å². The maximum Gasteiger partial charge on any atom is 0.303 e. The van der Waals surface area contributed by atoms with E-state index in [1.165, 1.54) is 6.92 Å². The number of fused-ring (bicyclic) bond motifs is 2. The minimum atomic E-state index is -1.34. The van der Waals surface area contributed by atoms with Gasteiger partial charge in [-0.15, -0.1) is 4.72 Å². The van der Waals surface area contributed by atoms with Crippen LogP contribution in [-0.2, 0) is 32.1 Å². The molecule has 0 radical (unpaired) electrons. The van der Waals surface area contributed by atoms with E-state index in [9.17, 15) is 18.5 Å². The predicted molar refractivity (Wildman–Crippen MR) is 112 cm³/mol. The molecule has 4 rings (SSSR count). The minimum Gasteiger partial charge on any atom is -0.598 e. The number of hydrogen-bond donors (Lipinski definition) is 1. The van der Waals surface area contributed by atoms with Gasteiger partial charge in [0.1, 0.15) is 12.1 Å². The third-order valence-electron chi connectivity index (χ3n) is 5.73. The van der Waals surface area contributed by atoms with Gasteiger partial charge in [0.05, 0.1) is 16.6 Å². The van der Waals surface area contributed by atoms with Crippen LogP contribution in [0.5, 0.6) is 0 Å². The lowest BCUT2D eigenvalue weighted by atomic mass is 9.66. The van der Waals surface area contributed by atoms with Gasteiger partial charge in [-0.3, -0.25) is 9.59 Å². The van der Waals surface area contributed by atoms with Gasteiger partial charge in [0.2, 0.25) is 0 Å². The Labute approximate surface area is 182 Å². The number of ether oxygens (including phenoxy) is 1. The molecule has 2 saturated heterocycles. The number of nitrogens with one attached hydrogen (secondary N) is 1. The molecule has 1 aromatic carbocycles. The van der Waals surface area contributed by atoms with Crippen molar-refractivity contribution in [1.82, 2.24) is 9.62 Å². The Morgan fingerprint density at radius 3 is 2.66 bits per heavy atom. The van der Waals surface area contributed by atoms with Crippen molar-refractivity contribution in [3.05, 3.63) is 34.1 Å². The molecular formula is C20H26BrFN2O4S. The van der Waals surface area contributed by atoms with Gasteiger partial charge in [0, 0.05) is 24.3 Å². The van der Waals surface area contributed by atoms with Crippen LogP contribution in [0.2, 0.25) is 0 Å². The Morgan fingerprint density at radius 1 is 1.41 bits per heavy atom. The molecule has 1 saturated carbocycles. The highest BCUT2D eigenvalue weighted by molar-refractivity contribution is 9.10. The number of rotatable bonds is 6. The second-order valence-corrected chi connectivity index (χ2v) is 10.3. The van der Waals surface area contributed by atoms with Crippen molar-refractivity contribution in [2.24, 2.45) is 5.92 Å². The summed E-state index contributed by atoms with van der Waals surface area (Å²) in [6, 6.07) is 4.44. The van der Waals surface area contributed by atoms with Gasteiger partial charge in [-0.05, 0) is 66.6 Å². The highest BCUT2D eigenvalue weighted by Gasteiger charge is 2.56. The molecule has 1 aliphatic carbocycles. The average Bonchev–Trinajstić information content (AvgIpc) is 2.56. The molecule has 2 aliphatic heterocycles. The van der Waals surface area contributed by atoms with Crippen LogP contribution in [0, 0.1) is 11.7 Å². The summed E-state index contributed by atoms with van der Waals surface area (Å²) in [7, 11) is 0. The number of amides is 1. The molecule has 6 nitrogen and oxygen atoms in total. The highest BCUT2D eigenvalue weighted by Crippen LogP contribution is 2.45. The van der Waals surface area contributed by atoms with E-state index in [0.717, 1.165) is 12.8 Å². The third kappa shape index (κ3) is 4.62. The first kappa shape index (κ1) is 22.5. The smallest absolute Gasteiger partial charge is 0.303 e. The fraction of sp³-hybridized carbons (Fsp3) is 0.600. The molecule has 3 atom stereocenters. The van der Waals surface area contributed by atoms with Crippen LogP contribution in [0.4, 0.5) is 4.39 Å². The maximum atomic E-state index is 14.7. The van der Waals surface area contributed by atoms with Crippen LogP contribution in [0.15, 0.2) is 22.7 Å². The number of carbonyl (C=O) groups excluding carboxylic acids is 2. The summed E-state index contributed by atoms with van der Waals surface area (Å²) >= 11 is 1.93. The Morgan fingerprint density at radius 2 is 2.07 bits per heavy atom. The van der Waals surface area contributed by atoms with Crippen LogP contribution >= 0.6 is 15.9 Å². The molecule has 160 valence electrons. The summed E-state index contributed by atoms with van der Waals surface area (Å²) < 4.78 is 35.4. The number of benzene rings is 1. The maximum absolute atomic E-state index is 14.7. The summed E-state index contributed by atoms with van der Waals surface area (Å²) in [6.45, 7) is 4.40. The van der Waals surface area contributed by atoms with Crippen LogP contribution in [0.3, 0.4) is 0 Å². The Bertz CT molecular complexity index is 801. The van der Waals surface area contributed by atoms with Crippen LogP contribution in [-0.4, -0.2) is 51.3 Å². The second-order valence-electron chi connectivity index (χ2n) is 8.28. The molecule has 1 N–H and O–H groups in total. The summed E-state index contributed by atoms with van der Waals surface area (Å²) in [5, 5.41) is 0. The van der Waals surface area contributed by atoms with E-state index in [1.54, 1.807) is 43.2 Å². The molecule has 2 heterocycles. The van der Waals surface area contributed by atoms with E-state index < -0.39 is 29.0 Å². The van der Waals surface area contributed by atoms with Gasteiger partial charge in [0.25, 0.3) is 5.91 Å². The number of hydrogen-bond acceptors (Lipinski definition) is 5. The summed E-state index contributed by atoms with van der Waals surface area (Å²) in [5.41, 5.74) is -0.861. The zero-order valence-electron chi connectivity index (χ0n) is 16.9. The van der Waals surface area contributed by atoms with Gasteiger partial charge in [-0.2, -0.15) is 0 Å². The Balaban J connectivity index is 1.96. The molecule has 3 aliphatic rings. The van der Waals surface area contributed by atoms with Gasteiger partial charge >= 0.3 is 5.97 Å². The summed E-state index contributed by atoms with van der Waals surface area (Å²) in [4.78, 5) is 26.6. The number of esters is 1. The molecule has 1 aromatic rings. The molecule has 0 spiro atoms. The third-order valence-corrected chi connectivity index (χ3v) is 6.95. The molecule has 1 amide bonds. The standard InChI is InChI=1S/C20H26BrFN2O4S/c1-11(25)28-20(2,3)19(26)24-14-8-13(9-14)18(23-29(4)27)16(24)10-12-6-5-7-15(21)17(12)22/h5-7,13-14,16,18,23H,8-10H2,1-4H3/t13?,14?,16-,18-,29?/m0/s1. The topological polar surface area (TPSA) is 81.7 Å². The van der Waals surface area contributed by atoms with Gasteiger partial charge < -0.3 is 14.2 Å². The lowest BCUT2D eigenvalue weighted by molar-refractivity contribution is -0.179. The Kier molecular flexibility index (Phi) is 6.62. The summed E-state index contributed by atoms with van der Waals surface area (Å²) in [6.07, 6.45) is 3.40. The SMILES string of the molecule is CC(=O)OC(C)(C)C(=O)N1C2CC(C2)[C@H](N[S+](C)[O-])[C@@H]1Cc1cccc(Br)c1F. The van der Waals surface area contributed by atoms with Crippen LogP contribution in [0.1, 0.15) is 39.2 Å². The Hall–Kier alpha value is -1.16. The largest absolute Gasteiger partial charge is 0.598 e. The monoisotopic (exact) mass is 488 g/mol. The molecule has 1 unspecified atom stereocenters. The average molecular weight is 489 g/mol.